The zero-order valence-electron chi connectivity index (χ0n) is 12.7. The number of rotatable bonds is 5. The number of hydrogen-bond acceptors (Lipinski definition) is 5. The number of carbonyl (C=O) groups is 2. The summed E-state index contributed by atoms with van der Waals surface area (Å²) in [5.74, 6) is 0.0728. The van der Waals surface area contributed by atoms with E-state index in [1.165, 1.54) is 36.9 Å². The van der Waals surface area contributed by atoms with E-state index in [4.69, 9.17) is 9.15 Å². The van der Waals surface area contributed by atoms with Crippen LogP contribution in [0.1, 0.15) is 52.3 Å². The van der Waals surface area contributed by atoms with Crippen molar-refractivity contribution in [2.45, 2.75) is 32.1 Å². The van der Waals surface area contributed by atoms with E-state index >= 15 is 0 Å². The molecule has 6 heteroatoms. The molecule has 0 radical (unpaired) electrons. The largest absolute Gasteiger partial charge is 0.461 e. The van der Waals surface area contributed by atoms with E-state index < -0.39 is 0 Å². The summed E-state index contributed by atoms with van der Waals surface area (Å²) in [6.45, 7) is 0.491. The van der Waals surface area contributed by atoms with Crippen molar-refractivity contribution in [3.63, 3.8) is 0 Å². The average Bonchev–Trinajstić information content (AvgIpc) is 3.25. The molecule has 0 atom stereocenters. The Morgan fingerprint density at radius 2 is 2.04 bits per heavy atom. The Bertz CT molecular complexity index is 656. The second-order valence-corrected chi connectivity index (χ2v) is 6.78. The first-order valence-corrected chi connectivity index (χ1v) is 8.66. The predicted molar refractivity (Wildman–Crippen MR) is 87.8 cm³/mol. The van der Waals surface area contributed by atoms with Gasteiger partial charge in [0, 0.05) is 0 Å². The molecule has 1 saturated carbocycles. The van der Waals surface area contributed by atoms with Gasteiger partial charge in [0.25, 0.3) is 5.91 Å². The molecule has 0 aliphatic heterocycles. The smallest absolute Gasteiger partial charge is 0.348 e. The minimum atomic E-state index is -0.334. The number of hydrogen-bond donors (Lipinski definition) is 1. The number of ether oxygens (including phenoxy) is 1. The van der Waals surface area contributed by atoms with Crippen LogP contribution in [0.25, 0.3) is 0 Å². The molecule has 23 heavy (non-hydrogen) atoms. The van der Waals surface area contributed by atoms with Crippen molar-refractivity contribution in [3.05, 3.63) is 41.2 Å². The lowest BCUT2D eigenvalue weighted by Crippen LogP contribution is -2.16. The van der Waals surface area contributed by atoms with E-state index in [2.05, 4.69) is 5.32 Å². The lowest BCUT2D eigenvalue weighted by Gasteiger charge is -2.20. The second kappa shape index (κ2) is 7.46. The molecule has 1 amide bonds. The van der Waals surface area contributed by atoms with Crippen molar-refractivity contribution in [3.8, 4) is 0 Å². The van der Waals surface area contributed by atoms with Crippen molar-refractivity contribution < 1.29 is 18.7 Å². The molecule has 0 saturated heterocycles. The maximum absolute atomic E-state index is 12.1. The number of furan rings is 1. The number of amides is 1. The van der Waals surface area contributed by atoms with E-state index in [-0.39, 0.29) is 17.6 Å². The van der Waals surface area contributed by atoms with Gasteiger partial charge in [0.15, 0.2) is 5.76 Å². The maximum atomic E-state index is 12.1. The zero-order valence-corrected chi connectivity index (χ0v) is 13.6. The van der Waals surface area contributed by atoms with Crippen molar-refractivity contribution in [2.24, 2.45) is 5.92 Å². The summed E-state index contributed by atoms with van der Waals surface area (Å²) >= 11 is 1.21. The van der Waals surface area contributed by atoms with Crippen molar-refractivity contribution in [2.75, 3.05) is 11.9 Å². The van der Waals surface area contributed by atoms with Crippen LogP contribution in [0.2, 0.25) is 0 Å². The first kappa shape index (κ1) is 15.8. The van der Waals surface area contributed by atoms with Crippen LogP contribution >= 0.6 is 11.3 Å². The van der Waals surface area contributed by atoms with E-state index in [9.17, 15) is 9.59 Å². The molecule has 3 rings (SSSR count). The number of esters is 1. The van der Waals surface area contributed by atoms with Crippen molar-refractivity contribution in [1.82, 2.24) is 0 Å². The summed E-state index contributed by atoms with van der Waals surface area (Å²) in [5, 5.41) is 3.30. The van der Waals surface area contributed by atoms with Gasteiger partial charge in [0.2, 0.25) is 0 Å². The Hall–Kier alpha value is -2.08. The molecule has 1 aliphatic carbocycles. The van der Waals surface area contributed by atoms with E-state index in [0.717, 1.165) is 12.8 Å². The van der Waals surface area contributed by atoms with Gasteiger partial charge >= 0.3 is 5.97 Å². The zero-order chi connectivity index (χ0) is 16.1. The standard InChI is InChI=1S/C17H19NO4S/c19-16(13-7-4-10-21-13)18-15-9-8-14(23-15)17(20)22-11-12-5-2-1-3-6-12/h4,7-10,12H,1-3,5-6,11H2,(H,18,19). The monoisotopic (exact) mass is 333 g/mol. The summed E-state index contributed by atoms with van der Waals surface area (Å²) in [6, 6.07) is 6.61. The molecule has 2 aromatic rings. The van der Waals surface area contributed by atoms with Crippen LogP contribution < -0.4 is 5.32 Å². The highest BCUT2D eigenvalue weighted by Crippen LogP contribution is 2.26. The van der Waals surface area contributed by atoms with E-state index in [1.54, 1.807) is 24.3 Å². The third kappa shape index (κ3) is 4.22. The fourth-order valence-electron chi connectivity index (χ4n) is 2.71. The number of anilines is 1. The second-order valence-electron chi connectivity index (χ2n) is 5.70. The maximum Gasteiger partial charge on any atom is 0.348 e. The van der Waals surface area contributed by atoms with Crippen LogP contribution in [-0.4, -0.2) is 18.5 Å². The van der Waals surface area contributed by atoms with Crippen LogP contribution in [0, 0.1) is 5.92 Å². The molecule has 0 spiro atoms. The van der Waals surface area contributed by atoms with Gasteiger partial charge in [0.1, 0.15) is 4.88 Å². The summed E-state index contributed by atoms with van der Waals surface area (Å²) < 4.78 is 10.4. The minimum Gasteiger partial charge on any atom is -0.461 e. The molecular formula is C17H19NO4S. The molecule has 0 unspecified atom stereocenters. The third-order valence-corrected chi connectivity index (χ3v) is 4.94. The molecular weight excluding hydrogens is 314 g/mol. The Balaban J connectivity index is 1.51. The summed E-state index contributed by atoms with van der Waals surface area (Å²) in [5.41, 5.74) is 0. The van der Waals surface area contributed by atoms with Crippen molar-refractivity contribution in [1.29, 1.82) is 0 Å². The highest BCUT2D eigenvalue weighted by molar-refractivity contribution is 7.18. The lowest BCUT2D eigenvalue weighted by atomic mass is 9.90. The molecule has 5 nitrogen and oxygen atoms in total. The number of thiophene rings is 1. The van der Waals surface area contributed by atoms with Gasteiger partial charge in [-0.2, -0.15) is 0 Å². The molecule has 2 aromatic heterocycles. The third-order valence-electron chi connectivity index (χ3n) is 3.96. The quantitative estimate of drug-likeness (QED) is 0.827. The molecule has 2 heterocycles. The summed E-state index contributed by atoms with van der Waals surface area (Å²) in [4.78, 5) is 24.4. The average molecular weight is 333 g/mol. The van der Waals surface area contributed by atoms with Crippen LogP contribution in [0.4, 0.5) is 5.00 Å². The molecule has 1 N–H and O–H groups in total. The predicted octanol–water partition coefficient (Wildman–Crippen LogP) is 4.33. The summed E-state index contributed by atoms with van der Waals surface area (Å²) in [6.07, 6.45) is 7.46. The van der Waals surface area contributed by atoms with Gasteiger partial charge in [-0.1, -0.05) is 19.3 Å². The normalized spacial score (nSPS) is 15.3. The Morgan fingerprint density at radius 1 is 1.22 bits per heavy atom. The topological polar surface area (TPSA) is 68.5 Å². The fraction of sp³-hybridized carbons (Fsp3) is 0.412. The Kier molecular flexibility index (Phi) is 5.12. The van der Waals surface area contributed by atoms with Crippen LogP contribution in [0.3, 0.4) is 0 Å². The van der Waals surface area contributed by atoms with Crippen LogP contribution in [-0.2, 0) is 4.74 Å². The van der Waals surface area contributed by atoms with E-state index in [1.807, 2.05) is 0 Å². The van der Waals surface area contributed by atoms with Gasteiger partial charge in [-0.05, 0) is 43.0 Å². The van der Waals surface area contributed by atoms with Gasteiger partial charge in [-0.3, -0.25) is 4.79 Å². The summed E-state index contributed by atoms with van der Waals surface area (Å²) in [7, 11) is 0. The van der Waals surface area contributed by atoms with Crippen LogP contribution in [0.5, 0.6) is 0 Å². The minimum absolute atomic E-state index is 0.236. The van der Waals surface area contributed by atoms with Crippen LogP contribution in [0.15, 0.2) is 34.9 Å². The number of carbonyl (C=O) groups excluding carboxylic acids is 2. The molecule has 0 bridgehead atoms. The fourth-order valence-corrected chi connectivity index (χ4v) is 3.51. The van der Waals surface area contributed by atoms with Gasteiger partial charge in [-0.25, -0.2) is 4.79 Å². The lowest BCUT2D eigenvalue weighted by molar-refractivity contribution is 0.0416. The highest BCUT2D eigenvalue weighted by Gasteiger charge is 2.18. The molecule has 0 aromatic carbocycles. The molecule has 1 fully saturated rings. The molecule has 122 valence electrons. The number of nitrogens with one attached hydrogen (secondary N) is 1. The molecule has 1 aliphatic rings. The van der Waals surface area contributed by atoms with Gasteiger partial charge in [0.05, 0.1) is 17.9 Å². The van der Waals surface area contributed by atoms with E-state index in [0.29, 0.717) is 22.4 Å². The first-order valence-electron chi connectivity index (χ1n) is 7.84. The SMILES string of the molecule is O=C(Nc1ccc(C(=O)OCC2CCCCC2)s1)c1ccco1. The Labute approximate surface area is 138 Å². The first-order chi connectivity index (χ1) is 11.2. The highest BCUT2D eigenvalue weighted by atomic mass is 32.1. The van der Waals surface area contributed by atoms with Crippen molar-refractivity contribution >= 4 is 28.2 Å². The Morgan fingerprint density at radius 3 is 2.78 bits per heavy atom. The van der Waals surface area contributed by atoms with Gasteiger partial charge in [-0.15, -0.1) is 11.3 Å². The van der Waals surface area contributed by atoms with Gasteiger partial charge < -0.3 is 14.5 Å².